The van der Waals surface area contributed by atoms with Gasteiger partial charge < -0.3 is 4.74 Å². The van der Waals surface area contributed by atoms with Gasteiger partial charge in [-0.25, -0.2) is 0 Å². The van der Waals surface area contributed by atoms with E-state index in [4.69, 9.17) is 4.74 Å². The quantitative estimate of drug-likeness (QED) is 0.504. The molecule has 1 saturated carbocycles. The first kappa shape index (κ1) is 19.9. The Hall–Kier alpha value is -1.38. The van der Waals surface area contributed by atoms with Gasteiger partial charge in [-0.05, 0) is 74.3 Å². The van der Waals surface area contributed by atoms with Crippen LogP contribution in [0.2, 0.25) is 0 Å². The summed E-state index contributed by atoms with van der Waals surface area (Å²) >= 11 is 0. The summed E-state index contributed by atoms with van der Waals surface area (Å²) < 4.78 is 5.01. The third-order valence-corrected chi connectivity index (χ3v) is 7.25. The molecule has 4 atom stereocenters. The van der Waals surface area contributed by atoms with Gasteiger partial charge in [-0.3, -0.25) is 9.59 Å². The highest BCUT2D eigenvalue weighted by molar-refractivity contribution is 5.92. The SMILES string of the molecule is CC(=O)OC/C=C(\C)CC[C@]1(C)C2CC(=O)C=C(C)[C@]2(C)CC[C@H]1C. The molecule has 0 heterocycles. The standard InChI is InChI=1S/C22H34O3/c1-15(9-12-25-18(4)23)7-10-21(5)16(2)8-11-22(6)17(3)13-19(24)14-20(21)22/h9,13,16,20H,7-8,10-12,14H2,1-6H3/b15-9+/t16-,20?,21+,22+/m1/s1. The second kappa shape index (κ2) is 7.47. The van der Waals surface area contributed by atoms with E-state index in [1.165, 1.54) is 30.9 Å². The Morgan fingerprint density at radius 1 is 1.36 bits per heavy atom. The number of fused-ring (bicyclic) bond motifs is 1. The molecule has 0 aromatic heterocycles. The van der Waals surface area contributed by atoms with Gasteiger partial charge in [0.15, 0.2) is 5.78 Å². The Morgan fingerprint density at radius 3 is 2.68 bits per heavy atom. The molecule has 0 radical (unpaired) electrons. The molecule has 0 spiro atoms. The molecule has 2 aliphatic carbocycles. The molecule has 3 heteroatoms. The molecule has 2 aliphatic rings. The van der Waals surface area contributed by atoms with Crippen LogP contribution < -0.4 is 0 Å². The summed E-state index contributed by atoms with van der Waals surface area (Å²) in [6.45, 7) is 13.2. The lowest BCUT2D eigenvalue weighted by atomic mass is 9.47. The first-order valence-corrected chi connectivity index (χ1v) is 9.60. The van der Waals surface area contributed by atoms with Crippen molar-refractivity contribution in [3.05, 3.63) is 23.3 Å². The third kappa shape index (κ3) is 4.07. The van der Waals surface area contributed by atoms with Crippen LogP contribution in [0, 0.1) is 22.7 Å². The number of hydrogen-bond acceptors (Lipinski definition) is 3. The predicted molar refractivity (Wildman–Crippen MR) is 101 cm³/mol. The number of hydrogen-bond donors (Lipinski definition) is 0. The van der Waals surface area contributed by atoms with Crippen molar-refractivity contribution in [1.82, 2.24) is 0 Å². The molecule has 2 rings (SSSR count). The largest absolute Gasteiger partial charge is 0.462 e. The van der Waals surface area contributed by atoms with Crippen LogP contribution in [0.1, 0.15) is 73.6 Å². The van der Waals surface area contributed by atoms with E-state index in [-0.39, 0.29) is 16.8 Å². The normalized spacial score (nSPS) is 35.8. The van der Waals surface area contributed by atoms with Crippen molar-refractivity contribution in [1.29, 1.82) is 0 Å². The molecule has 0 saturated heterocycles. The van der Waals surface area contributed by atoms with Gasteiger partial charge >= 0.3 is 5.97 Å². The highest BCUT2D eigenvalue weighted by Crippen LogP contribution is 2.61. The lowest BCUT2D eigenvalue weighted by molar-refractivity contribution is -0.139. The van der Waals surface area contributed by atoms with E-state index in [2.05, 4.69) is 34.6 Å². The van der Waals surface area contributed by atoms with Crippen LogP contribution >= 0.6 is 0 Å². The molecule has 0 amide bonds. The van der Waals surface area contributed by atoms with Crippen LogP contribution in [0.25, 0.3) is 0 Å². The topological polar surface area (TPSA) is 43.4 Å². The highest BCUT2D eigenvalue weighted by Gasteiger charge is 2.54. The summed E-state index contributed by atoms with van der Waals surface area (Å²) in [4.78, 5) is 23.2. The highest BCUT2D eigenvalue weighted by atomic mass is 16.5. The number of ether oxygens (including phenoxy) is 1. The fraction of sp³-hybridized carbons (Fsp3) is 0.727. The Bertz CT molecular complexity index is 600. The fourth-order valence-corrected chi connectivity index (χ4v) is 4.98. The first-order valence-electron chi connectivity index (χ1n) is 9.60. The molecule has 1 fully saturated rings. The number of allylic oxidation sites excluding steroid dienone is 3. The maximum Gasteiger partial charge on any atom is 0.302 e. The van der Waals surface area contributed by atoms with Crippen molar-refractivity contribution >= 4 is 11.8 Å². The lowest BCUT2D eigenvalue weighted by Gasteiger charge is -2.57. The summed E-state index contributed by atoms with van der Waals surface area (Å²) in [5, 5.41) is 0. The van der Waals surface area contributed by atoms with E-state index >= 15 is 0 Å². The van der Waals surface area contributed by atoms with E-state index in [0.29, 0.717) is 30.6 Å². The Morgan fingerprint density at radius 2 is 2.04 bits per heavy atom. The van der Waals surface area contributed by atoms with E-state index < -0.39 is 0 Å². The number of rotatable bonds is 5. The summed E-state index contributed by atoms with van der Waals surface area (Å²) in [5.74, 6) is 1.09. The van der Waals surface area contributed by atoms with Gasteiger partial charge in [0, 0.05) is 13.3 Å². The Labute approximate surface area is 152 Å². The fourth-order valence-electron chi connectivity index (χ4n) is 4.98. The molecular formula is C22H34O3. The van der Waals surface area contributed by atoms with Crippen LogP contribution in [0.4, 0.5) is 0 Å². The average molecular weight is 347 g/mol. The van der Waals surface area contributed by atoms with Crippen molar-refractivity contribution in [3.63, 3.8) is 0 Å². The van der Waals surface area contributed by atoms with Crippen molar-refractivity contribution in [2.24, 2.45) is 22.7 Å². The first-order chi connectivity index (χ1) is 11.6. The summed E-state index contributed by atoms with van der Waals surface area (Å²) in [6.07, 6.45) is 9.06. The zero-order valence-electron chi connectivity index (χ0n) is 16.8. The smallest absolute Gasteiger partial charge is 0.302 e. The molecule has 0 N–H and O–H groups in total. The van der Waals surface area contributed by atoms with Crippen LogP contribution in [0.5, 0.6) is 0 Å². The molecule has 0 bridgehead atoms. The Balaban J connectivity index is 2.15. The second-order valence-electron chi connectivity index (χ2n) is 8.77. The van der Waals surface area contributed by atoms with Crippen molar-refractivity contribution in [2.75, 3.05) is 6.61 Å². The molecule has 0 aromatic carbocycles. The van der Waals surface area contributed by atoms with Gasteiger partial charge in [-0.15, -0.1) is 0 Å². The van der Waals surface area contributed by atoms with Gasteiger partial charge in [-0.1, -0.05) is 31.9 Å². The van der Waals surface area contributed by atoms with Crippen LogP contribution in [0.3, 0.4) is 0 Å². The molecule has 3 nitrogen and oxygen atoms in total. The maximum absolute atomic E-state index is 12.3. The lowest BCUT2D eigenvalue weighted by Crippen LogP contribution is -2.50. The van der Waals surface area contributed by atoms with Gasteiger partial charge in [0.2, 0.25) is 0 Å². The minimum atomic E-state index is -0.240. The summed E-state index contributed by atoms with van der Waals surface area (Å²) in [6, 6.07) is 0. The predicted octanol–water partition coefficient (Wildman–Crippen LogP) is 5.25. The third-order valence-electron chi connectivity index (χ3n) is 7.25. The van der Waals surface area contributed by atoms with Crippen molar-refractivity contribution in [2.45, 2.75) is 73.6 Å². The van der Waals surface area contributed by atoms with E-state index in [1.54, 1.807) is 0 Å². The van der Waals surface area contributed by atoms with E-state index in [9.17, 15) is 9.59 Å². The van der Waals surface area contributed by atoms with E-state index in [1.807, 2.05) is 12.2 Å². The maximum atomic E-state index is 12.3. The molecule has 0 aromatic rings. The monoisotopic (exact) mass is 346 g/mol. The summed E-state index contributed by atoms with van der Waals surface area (Å²) in [7, 11) is 0. The van der Waals surface area contributed by atoms with Crippen LogP contribution in [-0.2, 0) is 14.3 Å². The second-order valence-corrected chi connectivity index (χ2v) is 8.77. The molecule has 25 heavy (non-hydrogen) atoms. The van der Waals surface area contributed by atoms with Crippen LogP contribution in [0.15, 0.2) is 23.3 Å². The van der Waals surface area contributed by atoms with Crippen LogP contribution in [-0.4, -0.2) is 18.4 Å². The molecule has 1 unspecified atom stereocenters. The van der Waals surface area contributed by atoms with Crippen molar-refractivity contribution in [3.8, 4) is 0 Å². The zero-order chi connectivity index (χ0) is 18.8. The van der Waals surface area contributed by atoms with Gasteiger partial charge in [0.25, 0.3) is 0 Å². The zero-order valence-corrected chi connectivity index (χ0v) is 16.8. The molecule has 140 valence electrons. The van der Waals surface area contributed by atoms with Crippen molar-refractivity contribution < 1.29 is 14.3 Å². The number of ketones is 1. The molecule has 0 aliphatic heterocycles. The number of carbonyl (C=O) groups excluding carboxylic acids is 2. The average Bonchev–Trinajstić information content (AvgIpc) is 2.52. The minimum absolute atomic E-state index is 0.157. The van der Waals surface area contributed by atoms with Gasteiger partial charge in [0.05, 0.1) is 0 Å². The molecular weight excluding hydrogens is 312 g/mol. The number of esters is 1. The Kier molecular flexibility index (Phi) is 5.96. The van der Waals surface area contributed by atoms with Gasteiger partial charge in [0.1, 0.15) is 6.61 Å². The minimum Gasteiger partial charge on any atom is -0.462 e. The number of carbonyl (C=O) groups is 2. The van der Waals surface area contributed by atoms with Gasteiger partial charge in [-0.2, -0.15) is 0 Å². The van der Waals surface area contributed by atoms with E-state index in [0.717, 1.165) is 12.8 Å². The summed E-state index contributed by atoms with van der Waals surface area (Å²) in [5.41, 5.74) is 2.85.